The summed E-state index contributed by atoms with van der Waals surface area (Å²) in [6, 6.07) is 0. The standard InChI is InChI=1S/C14H30O2/c1-4-5-6-7-8-9-10-15-11-12-16-13-14(2)3/h14H,4-13H2,1-3H3. The van der Waals surface area contributed by atoms with E-state index in [0.29, 0.717) is 5.92 Å². The molecule has 2 nitrogen and oxygen atoms in total. The molecule has 0 bridgehead atoms. The third kappa shape index (κ3) is 13.9. The Hall–Kier alpha value is -0.0800. The Morgan fingerprint density at radius 3 is 2.06 bits per heavy atom. The van der Waals surface area contributed by atoms with Crippen molar-refractivity contribution in [2.45, 2.75) is 59.3 Å². The SMILES string of the molecule is CCCCCCCCOCCOCC(C)C. The van der Waals surface area contributed by atoms with Crippen molar-refractivity contribution in [2.24, 2.45) is 5.92 Å². The van der Waals surface area contributed by atoms with Crippen LogP contribution in [0.5, 0.6) is 0 Å². The Labute approximate surface area is 102 Å². The Morgan fingerprint density at radius 1 is 0.750 bits per heavy atom. The summed E-state index contributed by atoms with van der Waals surface area (Å²) in [5.74, 6) is 0.624. The van der Waals surface area contributed by atoms with E-state index in [-0.39, 0.29) is 0 Å². The quantitative estimate of drug-likeness (QED) is 0.471. The summed E-state index contributed by atoms with van der Waals surface area (Å²) >= 11 is 0. The summed E-state index contributed by atoms with van der Waals surface area (Å²) < 4.78 is 10.9. The van der Waals surface area contributed by atoms with Gasteiger partial charge in [0.2, 0.25) is 0 Å². The molecule has 0 spiro atoms. The van der Waals surface area contributed by atoms with Crippen LogP contribution in [0.25, 0.3) is 0 Å². The van der Waals surface area contributed by atoms with E-state index in [0.717, 1.165) is 26.4 Å². The van der Waals surface area contributed by atoms with Gasteiger partial charge in [0, 0.05) is 13.2 Å². The molecule has 0 N–H and O–H groups in total. The first-order valence-corrected chi connectivity index (χ1v) is 6.92. The average Bonchev–Trinajstić information content (AvgIpc) is 2.25. The van der Waals surface area contributed by atoms with E-state index in [9.17, 15) is 0 Å². The normalized spacial score (nSPS) is 11.2. The second-order valence-corrected chi connectivity index (χ2v) is 4.85. The predicted molar refractivity (Wildman–Crippen MR) is 69.9 cm³/mol. The van der Waals surface area contributed by atoms with Crippen LogP contribution in [0.1, 0.15) is 59.3 Å². The Kier molecular flexibility index (Phi) is 12.9. The number of hydrogen-bond acceptors (Lipinski definition) is 2. The summed E-state index contributed by atoms with van der Waals surface area (Å²) in [6.45, 7) is 9.82. The van der Waals surface area contributed by atoms with E-state index >= 15 is 0 Å². The highest BCUT2D eigenvalue weighted by Crippen LogP contribution is 2.04. The third-order valence-corrected chi connectivity index (χ3v) is 2.47. The van der Waals surface area contributed by atoms with Gasteiger partial charge in [0.05, 0.1) is 13.2 Å². The van der Waals surface area contributed by atoms with Gasteiger partial charge in [-0.1, -0.05) is 52.9 Å². The molecule has 0 unspecified atom stereocenters. The highest BCUT2D eigenvalue weighted by Gasteiger charge is 1.94. The number of unbranched alkanes of at least 4 members (excludes halogenated alkanes) is 5. The van der Waals surface area contributed by atoms with E-state index in [2.05, 4.69) is 20.8 Å². The summed E-state index contributed by atoms with van der Waals surface area (Å²) in [4.78, 5) is 0. The van der Waals surface area contributed by atoms with Crippen LogP contribution in [0.2, 0.25) is 0 Å². The molecule has 0 rings (SSSR count). The molecule has 0 aliphatic rings. The van der Waals surface area contributed by atoms with Crippen LogP contribution in [-0.4, -0.2) is 26.4 Å². The van der Waals surface area contributed by atoms with Crippen molar-refractivity contribution in [3.63, 3.8) is 0 Å². The van der Waals surface area contributed by atoms with Gasteiger partial charge in [-0.2, -0.15) is 0 Å². The van der Waals surface area contributed by atoms with Crippen molar-refractivity contribution in [1.82, 2.24) is 0 Å². The molecule has 0 aromatic carbocycles. The van der Waals surface area contributed by atoms with Crippen LogP contribution in [-0.2, 0) is 9.47 Å². The lowest BCUT2D eigenvalue weighted by molar-refractivity contribution is 0.0365. The molecule has 16 heavy (non-hydrogen) atoms. The first-order valence-electron chi connectivity index (χ1n) is 6.92. The monoisotopic (exact) mass is 230 g/mol. The van der Waals surface area contributed by atoms with Crippen LogP contribution in [0, 0.1) is 5.92 Å². The summed E-state index contributed by atoms with van der Waals surface area (Å²) in [6.07, 6.45) is 7.96. The van der Waals surface area contributed by atoms with Crippen LogP contribution in [0.3, 0.4) is 0 Å². The molecule has 0 aliphatic heterocycles. The van der Waals surface area contributed by atoms with Gasteiger partial charge in [-0.25, -0.2) is 0 Å². The van der Waals surface area contributed by atoms with Crippen molar-refractivity contribution in [3.05, 3.63) is 0 Å². The fourth-order valence-electron chi connectivity index (χ4n) is 1.52. The number of rotatable bonds is 12. The topological polar surface area (TPSA) is 18.5 Å². The van der Waals surface area contributed by atoms with E-state index in [1.54, 1.807) is 0 Å². The van der Waals surface area contributed by atoms with E-state index in [1.165, 1.54) is 38.5 Å². The first-order chi connectivity index (χ1) is 7.77. The van der Waals surface area contributed by atoms with Crippen LogP contribution in [0.4, 0.5) is 0 Å². The molecule has 0 saturated heterocycles. The minimum Gasteiger partial charge on any atom is -0.379 e. The van der Waals surface area contributed by atoms with Crippen LogP contribution >= 0.6 is 0 Å². The van der Waals surface area contributed by atoms with Crippen LogP contribution in [0.15, 0.2) is 0 Å². The lowest BCUT2D eigenvalue weighted by Gasteiger charge is -2.07. The highest BCUT2D eigenvalue weighted by molar-refractivity contribution is 4.44. The maximum Gasteiger partial charge on any atom is 0.0700 e. The second-order valence-electron chi connectivity index (χ2n) is 4.85. The molecular weight excluding hydrogens is 200 g/mol. The van der Waals surface area contributed by atoms with Gasteiger partial charge in [-0.15, -0.1) is 0 Å². The maximum atomic E-state index is 5.50. The first kappa shape index (κ1) is 15.9. The van der Waals surface area contributed by atoms with Crippen molar-refractivity contribution < 1.29 is 9.47 Å². The molecule has 0 amide bonds. The molecule has 0 saturated carbocycles. The van der Waals surface area contributed by atoms with E-state index < -0.39 is 0 Å². The molecule has 2 heteroatoms. The molecule has 0 radical (unpaired) electrons. The Bertz CT molecular complexity index is 124. The van der Waals surface area contributed by atoms with Crippen molar-refractivity contribution in [3.8, 4) is 0 Å². The number of ether oxygens (including phenoxy) is 2. The zero-order chi connectivity index (χ0) is 12.1. The lowest BCUT2D eigenvalue weighted by Crippen LogP contribution is -2.09. The summed E-state index contributed by atoms with van der Waals surface area (Å²) in [5, 5.41) is 0. The third-order valence-electron chi connectivity index (χ3n) is 2.47. The van der Waals surface area contributed by atoms with Gasteiger partial charge >= 0.3 is 0 Å². The van der Waals surface area contributed by atoms with E-state index in [4.69, 9.17) is 9.47 Å². The predicted octanol–water partition coefficient (Wildman–Crippen LogP) is 4.04. The molecule has 0 atom stereocenters. The summed E-state index contributed by atoms with van der Waals surface area (Å²) in [5.41, 5.74) is 0. The van der Waals surface area contributed by atoms with Gasteiger partial charge in [0.1, 0.15) is 0 Å². The van der Waals surface area contributed by atoms with Crippen LogP contribution < -0.4 is 0 Å². The molecule has 0 aromatic rings. The summed E-state index contributed by atoms with van der Waals surface area (Å²) in [7, 11) is 0. The van der Waals surface area contributed by atoms with Crippen molar-refractivity contribution in [2.75, 3.05) is 26.4 Å². The van der Waals surface area contributed by atoms with Gasteiger partial charge in [0.25, 0.3) is 0 Å². The van der Waals surface area contributed by atoms with Gasteiger partial charge in [-0.05, 0) is 12.3 Å². The molecule has 0 aliphatic carbocycles. The molecule has 0 fully saturated rings. The van der Waals surface area contributed by atoms with Gasteiger partial charge < -0.3 is 9.47 Å². The fourth-order valence-corrected chi connectivity index (χ4v) is 1.52. The lowest BCUT2D eigenvalue weighted by atomic mass is 10.1. The van der Waals surface area contributed by atoms with Crippen molar-refractivity contribution >= 4 is 0 Å². The Balaban J connectivity index is 2.88. The van der Waals surface area contributed by atoms with Gasteiger partial charge in [-0.3, -0.25) is 0 Å². The molecule has 98 valence electrons. The zero-order valence-electron chi connectivity index (χ0n) is 11.5. The minimum absolute atomic E-state index is 0.624. The zero-order valence-corrected chi connectivity index (χ0v) is 11.5. The second kappa shape index (κ2) is 13.0. The highest BCUT2D eigenvalue weighted by atomic mass is 16.5. The molecular formula is C14H30O2. The van der Waals surface area contributed by atoms with Crippen molar-refractivity contribution in [1.29, 1.82) is 0 Å². The largest absolute Gasteiger partial charge is 0.379 e. The van der Waals surface area contributed by atoms with Gasteiger partial charge in [0.15, 0.2) is 0 Å². The minimum atomic E-state index is 0.624. The fraction of sp³-hybridized carbons (Fsp3) is 1.00. The molecule has 0 aromatic heterocycles. The Morgan fingerprint density at radius 2 is 1.38 bits per heavy atom. The van der Waals surface area contributed by atoms with E-state index in [1.807, 2.05) is 0 Å². The smallest absolute Gasteiger partial charge is 0.0700 e. The number of hydrogen-bond donors (Lipinski definition) is 0. The average molecular weight is 230 g/mol. The maximum absolute atomic E-state index is 5.50. The molecule has 0 heterocycles.